The van der Waals surface area contributed by atoms with Crippen molar-refractivity contribution in [2.24, 2.45) is 0 Å². The molecule has 0 atom stereocenters. The first-order valence-corrected chi connectivity index (χ1v) is 5.35. The van der Waals surface area contributed by atoms with E-state index in [1.165, 1.54) is 11.2 Å². The topological polar surface area (TPSA) is 88.3 Å². The van der Waals surface area contributed by atoms with Crippen LogP contribution in [-0.2, 0) is 16.0 Å². The summed E-state index contributed by atoms with van der Waals surface area (Å²) in [4.78, 5) is 28.8. The number of carbonyl (C=O) groups excluding carboxylic acids is 2. The minimum atomic E-state index is -0.843. The van der Waals surface area contributed by atoms with E-state index in [1.807, 2.05) is 0 Å². The predicted octanol–water partition coefficient (Wildman–Crippen LogP) is -0.651. The Morgan fingerprint density at radius 3 is 2.94 bits per heavy atom. The third-order valence-corrected chi connectivity index (χ3v) is 2.61. The molecule has 0 aromatic carbocycles. The zero-order valence-electron chi connectivity index (χ0n) is 9.77. The molecule has 0 spiro atoms. The molecule has 92 valence electrons. The normalized spacial score (nSPS) is 19.3. The summed E-state index contributed by atoms with van der Waals surface area (Å²) in [6, 6.07) is 0. The Bertz CT molecular complexity index is 427. The van der Waals surface area contributed by atoms with E-state index in [1.54, 1.807) is 13.8 Å². The van der Waals surface area contributed by atoms with E-state index in [-0.39, 0.29) is 18.4 Å². The van der Waals surface area contributed by atoms with Gasteiger partial charge in [0.25, 0.3) is 0 Å². The van der Waals surface area contributed by atoms with E-state index >= 15 is 0 Å². The SMILES string of the molecule is CC1(C)NC(=O)CN(CCc2ncno2)C1=O. The lowest BCUT2D eigenvalue weighted by molar-refractivity contribution is -0.148. The molecule has 0 radical (unpaired) electrons. The Hall–Kier alpha value is -1.92. The largest absolute Gasteiger partial charge is 0.341 e. The number of hydrogen-bond acceptors (Lipinski definition) is 5. The Balaban J connectivity index is 2.00. The molecule has 0 unspecified atom stereocenters. The Morgan fingerprint density at radius 2 is 2.29 bits per heavy atom. The van der Waals surface area contributed by atoms with Crippen molar-refractivity contribution in [3.05, 3.63) is 12.2 Å². The number of piperazine rings is 1. The number of hydrogen-bond donors (Lipinski definition) is 1. The van der Waals surface area contributed by atoms with Crippen LogP contribution in [0.15, 0.2) is 10.9 Å². The van der Waals surface area contributed by atoms with Gasteiger partial charge in [-0.2, -0.15) is 4.98 Å². The highest BCUT2D eigenvalue weighted by molar-refractivity contribution is 5.97. The van der Waals surface area contributed by atoms with Crippen molar-refractivity contribution in [3.63, 3.8) is 0 Å². The number of nitrogens with one attached hydrogen (secondary N) is 1. The van der Waals surface area contributed by atoms with Crippen LogP contribution in [0.4, 0.5) is 0 Å². The van der Waals surface area contributed by atoms with Gasteiger partial charge in [-0.05, 0) is 13.8 Å². The van der Waals surface area contributed by atoms with Gasteiger partial charge >= 0.3 is 0 Å². The van der Waals surface area contributed by atoms with E-state index in [9.17, 15) is 9.59 Å². The van der Waals surface area contributed by atoms with Gasteiger partial charge in [-0.3, -0.25) is 9.59 Å². The second-order valence-electron chi connectivity index (χ2n) is 4.48. The average Bonchev–Trinajstić information content (AvgIpc) is 2.73. The molecule has 0 aliphatic carbocycles. The van der Waals surface area contributed by atoms with Crippen molar-refractivity contribution in [1.82, 2.24) is 20.4 Å². The molecule has 2 heterocycles. The highest BCUT2D eigenvalue weighted by atomic mass is 16.5. The molecule has 1 aromatic rings. The molecular weight excluding hydrogens is 224 g/mol. The lowest BCUT2D eigenvalue weighted by Crippen LogP contribution is -2.64. The van der Waals surface area contributed by atoms with E-state index < -0.39 is 5.54 Å². The Morgan fingerprint density at radius 1 is 1.53 bits per heavy atom. The molecule has 0 bridgehead atoms. The summed E-state index contributed by atoms with van der Waals surface area (Å²) in [5.74, 6) is 0.207. The molecule has 1 fully saturated rings. The van der Waals surface area contributed by atoms with Crippen molar-refractivity contribution >= 4 is 11.8 Å². The quantitative estimate of drug-likeness (QED) is 0.755. The van der Waals surface area contributed by atoms with Crippen molar-refractivity contribution in [2.45, 2.75) is 25.8 Å². The minimum absolute atomic E-state index is 0.0798. The number of aromatic nitrogens is 2. The van der Waals surface area contributed by atoms with E-state index in [0.29, 0.717) is 18.9 Å². The first-order chi connectivity index (χ1) is 7.99. The molecule has 1 aliphatic rings. The van der Waals surface area contributed by atoms with Gasteiger partial charge < -0.3 is 14.7 Å². The third kappa shape index (κ3) is 2.43. The van der Waals surface area contributed by atoms with Crippen LogP contribution in [0.3, 0.4) is 0 Å². The fraction of sp³-hybridized carbons (Fsp3) is 0.600. The number of carbonyl (C=O) groups is 2. The number of amides is 2. The van der Waals surface area contributed by atoms with Gasteiger partial charge in [0.15, 0.2) is 6.33 Å². The molecule has 0 saturated carbocycles. The summed E-state index contributed by atoms with van der Waals surface area (Å²) >= 11 is 0. The fourth-order valence-corrected chi connectivity index (χ4v) is 1.80. The van der Waals surface area contributed by atoms with Crippen LogP contribution in [0.5, 0.6) is 0 Å². The molecule has 17 heavy (non-hydrogen) atoms. The zero-order chi connectivity index (χ0) is 12.5. The Kier molecular flexibility index (Phi) is 2.83. The summed E-state index contributed by atoms with van der Waals surface area (Å²) in [5.41, 5.74) is -0.843. The summed E-state index contributed by atoms with van der Waals surface area (Å²) in [6.07, 6.45) is 1.76. The smallest absolute Gasteiger partial charge is 0.248 e. The Labute approximate surface area is 98.2 Å². The summed E-state index contributed by atoms with van der Waals surface area (Å²) in [5, 5.41) is 6.13. The predicted molar refractivity (Wildman–Crippen MR) is 56.8 cm³/mol. The van der Waals surface area contributed by atoms with E-state index in [2.05, 4.69) is 15.5 Å². The van der Waals surface area contributed by atoms with Crippen LogP contribution in [0, 0.1) is 0 Å². The average molecular weight is 238 g/mol. The maximum atomic E-state index is 12.0. The van der Waals surface area contributed by atoms with E-state index in [0.717, 1.165) is 0 Å². The number of nitrogens with zero attached hydrogens (tertiary/aromatic N) is 3. The second kappa shape index (κ2) is 4.15. The standard InChI is InChI=1S/C10H14N4O3/c1-10(2)9(16)14(5-7(15)13-10)4-3-8-11-6-12-17-8/h6H,3-5H2,1-2H3,(H,13,15). The van der Waals surface area contributed by atoms with Crippen molar-refractivity contribution in [1.29, 1.82) is 0 Å². The molecule has 1 saturated heterocycles. The fourth-order valence-electron chi connectivity index (χ4n) is 1.80. The van der Waals surface area contributed by atoms with Gasteiger partial charge in [-0.1, -0.05) is 5.16 Å². The molecule has 7 heteroatoms. The van der Waals surface area contributed by atoms with Gasteiger partial charge in [0, 0.05) is 13.0 Å². The van der Waals surface area contributed by atoms with Crippen LogP contribution in [0.1, 0.15) is 19.7 Å². The first-order valence-electron chi connectivity index (χ1n) is 5.35. The molecule has 1 aliphatic heterocycles. The van der Waals surface area contributed by atoms with Crippen molar-refractivity contribution in [3.8, 4) is 0 Å². The molecule has 2 amide bonds. The lowest BCUT2D eigenvalue weighted by atomic mass is 10.0. The number of rotatable bonds is 3. The summed E-state index contributed by atoms with van der Waals surface area (Å²) < 4.78 is 4.84. The van der Waals surface area contributed by atoms with Gasteiger partial charge in [0.05, 0.1) is 6.54 Å². The summed E-state index contributed by atoms with van der Waals surface area (Å²) in [6.45, 7) is 3.85. The van der Waals surface area contributed by atoms with Gasteiger partial charge in [0.1, 0.15) is 5.54 Å². The monoisotopic (exact) mass is 238 g/mol. The second-order valence-corrected chi connectivity index (χ2v) is 4.48. The maximum Gasteiger partial charge on any atom is 0.248 e. The van der Waals surface area contributed by atoms with Crippen LogP contribution in [0.25, 0.3) is 0 Å². The van der Waals surface area contributed by atoms with Gasteiger partial charge in [0.2, 0.25) is 17.7 Å². The zero-order valence-corrected chi connectivity index (χ0v) is 9.77. The summed E-state index contributed by atoms with van der Waals surface area (Å²) in [7, 11) is 0. The first kappa shape index (κ1) is 11.6. The highest BCUT2D eigenvalue weighted by Crippen LogP contribution is 2.13. The molecule has 2 rings (SSSR count). The van der Waals surface area contributed by atoms with Crippen molar-refractivity contribution in [2.75, 3.05) is 13.1 Å². The van der Waals surface area contributed by atoms with Gasteiger partial charge in [-0.15, -0.1) is 0 Å². The highest BCUT2D eigenvalue weighted by Gasteiger charge is 2.38. The van der Waals surface area contributed by atoms with Crippen LogP contribution < -0.4 is 5.32 Å². The van der Waals surface area contributed by atoms with Crippen LogP contribution >= 0.6 is 0 Å². The third-order valence-electron chi connectivity index (χ3n) is 2.61. The molecular formula is C10H14N4O3. The maximum absolute atomic E-state index is 12.0. The molecule has 1 N–H and O–H groups in total. The van der Waals surface area contributed by atoms with Crippen molar-refractivity contribution < 1.29 is 14.1 Å². The molecule has 7 nitrogen and oxygen atoms in total. The van der Waals surface area contributed by atoms with Gasteiger partial charge in [-0.25, -0.2) is 0 Å². The van der Waals surface area contributed by atoms with Crippen LogP contribution in [-0.4, -0.2) is 45.5 Å². The lowest BCUT2D eigenvalue weighted by Gasteiger charge is -2.37. The van der Waals surface area contributed by atoms with E-state index in [4.69, 9.17) is 4.52 Å². The van der Waals surface area contributed by atoms with Crippen LogP contribution in [0.2, 0.25) is 0 Å². The molecule has 1 aromatic heterocycles. The minimum Gasteiger partial charge on any atom is -0.341 e.